The topological polar surface area (TPSA) is 72.2 Å². The molecule has 102 valence electrons. The maximum atomic E-state index is 10.8. The van der Waals surface area contributed by atoms with Gasteiger partial charge in [0.25, 0.3) is 5.69 Å². The van der Waals surface area contributed by atoms with E-state index in [0.717, 1.165) is 24.1 Å². The number of aryl methyl sites for hydroxylation is 1. The number of nitrogens with zero attached hydrogens (tertiary/aromatic N) is 4. The van der Waals surface area contributed by atoms with Crippen molar-refractivity contribution in [3.63, 3.8) is 0 Å². The highest BCUT2D eigenvalue weighted by Crippen LogP contribution is 2.25. The van der Waals surface area contributed by atoms with Gasteiger partial charge in [0.05, 0.1) is 4.92 Å². The first-order chi connectivity index (χ1) is 9.63. The molecule has 0 amide bonds. The Morgan fingerprint density at radius 3 is 2.70 bits per heavy atom. The molecule has 1 aliphatic heterocycles. The largest absolute Gasteiger partial charge is 0.336 e. The molecule has 1 aromatic carbocycles. The number of anilines is 1. The SMILES string of the molecule is Cc1cnc(N2CCc3ccc([N+](=O)[O-])cc3C2)nc1. The third kappa shape index (κ3) is 2.32. The Morgan fingerprint density at radius 1 is 1.25 bits per heavy atom. The van der Waals surface area contributed by atoms with Crippen molar-refractivity contribution in [2.75, 3.05) is 11.4 Å². The lowest BCUT2D eigenvalue weighted by atomic mass is 9.99. The number of hydrogen-bond donors (Lipinski definition) is 0. The van der Waals surface area contributed by atoms with Crippen molar-refractivity contribution in [2.24, 2.45) is 0 Å². The summed E-state index contributed by atoms with van der Waals surface area (Å²) in [6.07, 6.45) is 4.42. The lowest BCUT2D eigenvalue weighted by Gasteiger charge is -2.28. The second-order valence-electron chi connectivity index (χ2n) is 4.94. The minimum absolute atomic E-state index is 0.135. The zero-order chi connectivity index (χ0) is 14.1. The Kier molecular flexibility index (Phi) is 3.06. The number of nitro benzene ring substituents is 1. The van der Waals surface area contributed by atoms with Gasteiger partial charge in [0.1, 0.15) is 0 Å². The second kappa shape index (κ2) is 4.88. The highest BCUT2D eigenvalue weighted by molar-refractivity contribution is 5.45. The first-order valence-corrected chi connectivity index (χ1v) is 6.43. The molecule has 3 rings (SSSR count). The number of hydrogen-bond acceptors (Lipinski definition) is 5. The first-order valence-electron chi connectivity index (χ1n) is 6.43. The third-order valence-corrected chi connectivity index (χ3v) is 3.46. The van der Waals surface area contributed by atoms with E-state index in [2.05, 4.69) is 9.97 Å². The lowest BCUT2D eigenvalue weighted by Crippen LogP contribution is -2.31. The van der Waals surface area contributed by atoms with E-state index in [4.69, 9.17) is 0 Å². The number of aromatic nitrogens is 2. The summed E-state index contributed by atoms with van der Waals surface area (Å²) >= 11 is 0. The van der Waals surface area contributed by atoms with Gasteiger partial charge in [-0.2, -0.15) is 0 Å². The van der Waals surface area contributed by atoms with Crippen LogP contribution in [0, 0.1) is 17.0 Å². The van der Waals surface area contributed by atoms with Crippen molar-refractivity contribution in [3.8, 4) is 0 Å². The zero-order valence-corrected chi connectivity index (χ0v) is 11.1. The van der Waals surface area contributed by atoms with Gasteiger partial charge in [-0.25, -0.2) is 9.97 Å². The van der Waals surface area contributed by atoms with Crippen molar-refractivity contribution in [2.45, 2.75) is 19.9 Å². The summed E-state index contributed by atoms with van der Waals surface area (Å²) in [5, 5.41) is 10.8. The third-order valence-electron chi connectivity index (χ3n) is 3.46. The molecule has 1 aromatic heterocycles. The first kappa shape index (κ1) is 12.5. The van der Waals surface area contributed by atoms with Gasteiger partial charge in [-0.15, -0.1) is 0 Å². The number of benzene rings is 1. The zero-order valence-electron chi connectivity index (χ0n) is 11.1. The molecule has 20 heavy (non-hydrogen) atoms. The molecular formula is C14H14N4O2. The van der Waals surface area contributed by atoms with Crippen LogP contribution in [0.15, 0.2) is 30.6 Å². The van der Waals surface area contributed by atoms with Gasteiger partial charge >= 0.3 is 0 Å². The molecule has 0 N–H and O–H groups in total. The van der Waals surface area contributed by atoms with Crippen molar-refractivity contribution in [1.29, 1.82) is 0 Å². The van der Waals surface area contributed by atoms with Gasteiger partial charge in [0.15, 0.2) is 0 Å². The molecule has 2 aromatic rings. The van der Waals surface area contributed by atoms with Crippen LogP contribution in [0.4, 0.5) is 11.6 Å². The van der Waals surface area contributed by atoms with Crippen molar-refractivity contribution in [3.05, 3.63) is 57.4 Å². The van der Waals surface area contributed by atoms with Crippen molar-refractivity contribution >= 4 is 11.6 Å². The molecule has 0 bridgehead atoms. The maximum Gasteiger partial charge on any atom is 0.269 e. The quantitative estimate of drug-likeness (QED) is 0.618. The fraction of sp³-hybridized carbons (Fsp3) is 0.286. The summed E-state index contributed by atoms with van der Waals surface area (Å²) in [7, 11) is 0. The van der Waals surface area contributed by atoms with E-state index >= 15 is 0 Å². The van der Waals surface area contributed by atoms with Gasteiger partial charge < -0.3 is 4.90 Å². The molecule has 6 heteroatoms. The molecule has 0 aliphatic carbocycles. The Balaban J connectivity index is 1.88. The lowest BCUT2D eigenvalue weighted by molar-refractivity contribution is -0.384. The minimum Gasteiger partial charge on any atom is -0.336 e. The van der Waals surface area contributed by atoms with Crippen LogP contribution in [0.2, 0.25) is 0 Å². The van der Waals surface area contributed by atoms with E-state index in [1.165, 1.54) is 5.56 Å². The summed E-state index contributed by atoms with van der Waals surface area (Å²) in [5.41, 5.74) is 3.30. The van der Waals surface area contributed by atoms with E-state index in [1.54, 1.807) is 24.5 Å². The van der Waals surface area contributed by atoms with Crippen LogP contribution in [0.25, 0.3) is 0 Å². The smallest absolute Gasteiger partial charge is 0.269 e. The summed E-state index contributed by atoms with van der Waals surface area (Å²) < 4.78 is 0. The van der Waals surface area contributed by atoms with Crippen molar-refractivity contribution in [1.82, 2.24) is 9.97 Å². The molecule has 1 aliphatic rings. The van der Waals surface area contributed by atoms with Crippen LogP contribution in [0.1, 0.15) is 16.7 Å². The van der Waals surface area contributed by atoms with E-state index in [-0.39, 0.29) is 10.6 Å². The molecule has 0 saturated carbocycles. The average Bonchev–Trinajstić information content (AvgIpc) is 2.47. The van der Waals surface area contributed by atoms with Crippen LogP contribution < -0.4 is 4.90 Å². The molecule has 0 spiro atoms. The van der Waals surface area contributed by atoms with Crippen LogP contribution in [0.3, 0.4) is 0 Å². The summed E-state index contributed by atoms with van der Waals surface area (Å²) in [5.74, 6) is 0.674. The van der Waals surface area contributed by atoms with Gasteiger partial charge in [-0.1, -0.05) is 6.07 Å². The average molecular weight is 270 g/mol. The Labute approximate surface area is 116 Å². The number of nitro groups is 1. The second-order valence-corrected chi connectivity index (χ2v) is 4.94. The summed E-state index contributed by atoms with van der Waals surface area (Å²) in [4.78, 5) is 21.2. The number of rotatable bonds is 2. The van der Waals surface area contributed by atoms with E-state index < -0.39 is 0 Å². The highest BCUT2D eigenvalue weighted by atomic mass is 16.6. The number of non-ortho nitro benzene ring substituents is 1. The van der Waals surface area contributed by atoms with Crippen LogP contribution in [-0.4, -0.2) is 21.4 Å². The molecule has 0 radical (unpaired) electrons. The normalized spacial score (nSPS) is 13.9. The van der Waals surface area contributed by atoms with E-state index in [1.807, 2.05) is 17.9 Å². The van der Waals surface area contributed by atoms with Crippen LogP contribution in [-0.2, 0) is 13.0 Å². The van der Waals surface area contributed by atoms with Gasteiger partial charge in [-0.05, 0) is 30.0 Å². The molecule has 0 atom stereocenters. The van der Waals surface area contributed by atoms with Crippen molar-refractivity contribution < 1.29 is 4.92 Å². The summed E-state index contributed by atoms with van der Waals surface area (Å²) in [6, 6.07) is 5.06. The molecule has 2 heterocycles. The fourth-order valence-corrected chi connectivity index (χ4v) is 2.38. The Hall–Kier alpha value is -2.50. The molecule has 0 saturated heterocycles. The molecular weight excluding hydrogens is 256 g/mol. The van der Waals surface area contributed by atoms with E-state index in [9.17, 15) is 10.1 Å². The van der Waals surface area contributed by atoms with Gasteiger partial charge in [0.2, 0.25) is 5.95 Å². The fourth-order valence-electron chi connectivity index (χ4n) is 2.38. The van der Waals surface area contributed by atoms with Crippen LogP contribution >= 0.6 is 0 Å². The van der Waals surface area contributed by atoms with Gasteiger partial charge in [0, 0.05) is 37.6 Å². The number of fused-ring (bicyclic) bond motifs is 1. The molecule has 6 nitrogen and oxygen atoms in total. The maximum absolute atomic E-state index is 10.8. The standard InChI is InChI=1S/C14H14N4O2/c1-10-7-15-14(16-8-10)17-5-4-11-2-3-13(18(19)20)6-12(11)9-17/h2-3,6-8H,4-5,9H2,1H3. The monoisotopic (exact) mass is 270 g/mol. The predicted molar refractivity (Wildman–Crippen MR) is 74.6 cm³/mol. The minimum atomic E-state index is -0.360. The van der Waals surface area contributed by atoms with Gasteiger partial charge in [-0.3, -0.25) is 10.1 Å². The highest BCUT2D eigenvalue weighted by Gasteiger charge is 2.20. The van der Waals surface area contributed by atoms with E-state index in [0.29, 0.717) is 12.5 Å². The molecule has 0 unspecified atom stereocenters. The Bertz CT molecular complexity index is 655. The molecule has 0 fully saturated rings. The Morgan fingerprint density at radius 2 is 2.00 bits per heavy atom. The van der Waals surface area contributed by atoms with Crippen LogP contribution in [0.5, 0.6) is 0 Å². The summed E-state index contributed by atoms with van der Waals surface area (Å²) in [6.45, 7) is 3.38. The predicted octanol–water partition coefficient (Wildman–Crippen LogP) is 2.26.